The first kappa shape index (κ1) is 18.4. The second kappa shape index (κ2) is 8.75. The molecular formula is C15H24N2O4S. The van der Waals surface area contributed by atoms with Crippen molar-refractivity contribution in [2.75, 3.05) is 13.2 Å². The maximum absolute atomic E-state index is 12.1. The summed E-state index contributed by atoms with van der Waals surface area (Å²) < 4.78 is 31.8. The maximum Gasteiger partial charge on any atom is 0.240 e. The molecule has 0 radical (unpaired) electrons. The van der Waals surface area contributed by atoms with Gasteiger partial charge in [0.2, 0.25) is 15.9 Å². The Balaban J connectivity index is 2.51. The van der Waals surface area contributed by atoms with Crippen LogP contribution in [0.2, 0.25) is 0 Å². The van der Waals surface area contributed by atoms with Crippen molar-refractivity contribution in [3.05, 3.63) is 24.3 Å². The lowest BCUT2D eigenvalue weighted by Gasteiger charge is -2.12. The summed E-state index contributed by atoms with van der Waals surface area (Å²) in [7, 11) is -3.61. The van der Waals surface area contributed by atoms with Gasteiger partial charge in [-0.3, -0.25) is 4.79 Å². The number of carbonyl (C=O) groups is 1. The van der Waals surface area contributed by atoms with Crippen LogP contribution in [0.15, 0.2) is 29.2 Å². The molecule has 1 aromatic rings. The van der Waals surface area contributed by atoms with Crippen LogP contribution in [0.25, 0.3) is 0 Å². The average molecular weight is 328 g/mol. The first-order valence-corrected chi connectivity index (χ1v) is 8.89. The largest absolute Gasteiger partial charge is 0.494 e. The second-order valence-electron chi connectivity index (χ2n) is 4.93. The van der Waals surface area contributed by atoms with Crippen LogP contribution in [0.3, 0.4) is 0 Å². The number of amides is 1. The molecule has 1 rings (SSSR count). The molecule has 1 atom stereocenters. The van der Waals surface area contributed by atoms with Crippen LogP contribution in [0.5, 0.6) is 5.75 Å². The van der Waals surface area contributed by atoms with Gasteiger partial charge in [-0.15, -0.1) is 0 Å². The fourth-order valence-electron chi connectivity index (χ4n) is 1.71. The van der Waals surface area contributed by atoms with Gasteiger partial charge in [-0.2, -0.15) is 0 Å². The molecule has 0 fully saturated rings. The number of carbonyl (C=O) groups excluding carboxylic acids is 1. The Kier molecular flexibility index (Phi) is 7.34. The van der Waals surface area contributed by atoms with Gasteiger partial charge in [0.15, 0.2) is 0 Å². The Bertz CT molecular complexity index is 570. The molecule has 124 valence electrons. The molecule has 0 saturated heterocycles. The molecule has 0 spiro atoms. The monoisotopic (exact) mass is 328 g/mol. The fourth-order valence-corrected chi connectivity index (χ4v) is 2.74. The van der Waals surface area contributed by atoms with Crippen molar-refractivity contribution < 1.29 is 17.9 Å². The van der Waals surface area contributed by atoms with Gasteiger partial charge in [-0.1, -0.05) is 6.92 Å². The number of benzene rings is 1. The van der Waals surface area contributed by atoms with Gasteiger partial charge in [-0.05, 0) is 44.5 Å². The van der Waals surface area contributed by atoms with Crippen molar-refractivity contribution in [1.82, 2.24) is 10.0 Å². The van der Waals surface area contributed by atoms with Crippen molar-refractivity contribution in [3.63, 3.8) is 0 Å². The topological polar surface area (TPSA) is 84.5 Å². The minimum Gasteiger partial charge on any atom is -0.494 e. The van der Waals surface area contributed by atoms with E-state index in [2.05, 4.69) is 10.0 Å². The molecule has 7 heteroatoms. The van der Waals surface area contributed by atoms with Gasteiger partial charge < -0.3 is 10.1 Å². The number of hydrogen-bond acceptors (Lipinski definition) is 4. The Labute approximate surface area is 132 Å². The number of hydrogen-bond donors (Lipinski definition) is 2. The van der Waals surface area contributed by atoms with Gasteiger partial charge in [-0.25, -0.2) is 13.1 Å². The van der Waals surface area contributed by atoms with E-state index in [1.54, 1.807) is 12.1 Å². The highest BCUT2D eigenvalue weighted by Gasteiger charge is 2.14. The zero-order chi connectivity index (χ0) is 16.6. The molecule has 0 unspecified atom stereocenters. The number of ether oxygens (including phenoxy) is 1. The van der Waals surface area contributed by atoms with E-state index in [0.29, 0.717) is 12.4 Å². The summed E-state index contributed by atoms with van der Waals surface area (Å²) in [6.07, 6.45) is 0.949. The first-order chi connectivity index (χ1) is 10.4. The smallest absolute Gasteiger partial charge is 0.240 e. The van der Waals surface area contributed by atoms with Crippen LogP contribution < -0.4 is 14.8 Å². The molecule has 0 aromatic heterocycles. The lowest BCUT2D eigenvalue weighted by atomic mass is 10.2. The van der Waals surface area contributed by atoms with E-state index in [4.69, 9.17) is 4.74 Å². The quantitative estimate of drug-likeness (QED) is 0.722. The lowest BCUT2D eigenvalue weighted by molar-refractivity contribution is -0.121. The van der Waals surface area contributed by atoms with E-state index in [-0.39, 0.29) is 29.8 Å². The normalized spacial score (nSPS) is 12.7. The number of sulfonamides is 1. The van der Waals surface area contributed by atoms with E-state index in [1.165, 1.54) is 12.1 Å². The minimum atomic E-state index is -3.61. The van der Waals surface area contributed by atoms with Crippen LogP contribution in [-0.4, -0.2) is 33.5 Å². The molecular weight excluding hydrogens is 304 g/mol. The van der Waals surface area contributed by atoms with E-state index in [0.717, 1.165) is 6.42 Å². The van der Waals surface area contributed by atoms with Crippen molar-refractivity contribution in [2.45, 2.75) is 44.6 Å². The Morgan fingerprint density at radius 2 is 1.86 bits per heavy atom. The molecule has 0 aliphatic carbocycles. The standard InChI is InChI=1S/C15H24N2O4S/c1-4-12(3)17-15(18)10-11-16-22(19,20)14-8-6-13(7-9-14)21-5-2/h6-9,12,16H,4-5,10-11H2,1-3H3,(H,17,18)/t12-/m1/s1. The highest BCUT2D eigenvalue weighted by atomic mass is 32.2. The summed E-state index contributed by atoms with van der Waals surface area (Å²) in [5.41, 5.74) is 0. The molecule has 0 aliphatic heterocycles. The molecule has 22 heavy (non-hydrogen) atoms. The van der Waals surface area contributed by atoms with Crippen molar-refractivity contribution in [2.24, 2.45) is 0 Å². The summed E-state index contributed by atoms with van der Waals surface area (Å²) in [4.78, 5) is 11.7. The number of rotatable bonds is 9. The van der Waals surface area contributed by atoms with Crippen LogP contribution in [0.1, 0.15) is 33.6 Å². The van der Waals surface area contributed by atoms with Gasteiger partial charge in [0.1, 0.15) is 5.75 Å². The van der Waals surface area contributed by atoms with Crippen LogP contribution in [-0.2, 0) is 14.8 Å². The molecule has 0 heterocycles. The summed E-state index contributed by atoms with van der Waals surface area (Å²) >= 11 is 0. The predicted octanol–water partition coefficient (Wildman–Crippen LogP) is 1.67. The highest BCUT2D eigenvalue weighted by molar-refractivity contribution is 7.89. The SMILES string of the molecule is CCOc1ccc(S(=O)(=O)NCCC(=O)N[C@H](C)CC)cc1. The highest BCUT2D eigenvalue weighted by Crippen LogP contribution is 2.15. The lowest BCUT2D eigenvalue weighted by Crippen LogP contribution is -2.35. The summed E-state index contributed by atoms with van der Waals surface area (Å²) in [5.74, 6) is 0.457. The maximum atomic E-state index is 12.1. The summed E-state index contributed by atoms with van der Waals surface area (Å²) in [6, 6.07) is 6.26. The third-order valence-corrected chi connectivity index (χ3v) is 4.59. The molecule has 0 aliphatic rings. The molecule has 1 amide bonds. The zero-order valence-electron chi connectivity index (χ0n) is 13.3. The van der Waals surface area contributed by atoms with Crippen LogP contribution >= 0.6 is 0 Å². The summed E-state index contributed by atoms with van der Waals surface area (Å²) in [5, 5.41) is 2.79. The van der Waals surface area contributed by atoms with Crippen molar-refractivity contribution in [3.8, 4) is 5.75 Å². The van der Waals surface area contributed by atoms with Gasteiger partial charge >= 0.3 is 0 Å². The molecule has 6 nitrogen and oxygen atoms in total. The van der Waals surface area contributed by atoms with E-state index < -0.39 is 10.0 Å². The van der Waals surface area contributed by atoms with Gasteiger partial charge in [0.25, 0.3) is 0 Å². The first-order valence-electron chi connectivity index (χ1n) is 7.41. The third kappa shape index (κ3) is 6.03. The number of nitrogens with one attached hydrogen (secondary N) is 2. The predicted molar refractivity (Wildman–Crippen MR) is 85.3 cm³/mol. The van der Waals surface area contributed by atoms with E-state index >= 15 is 0 Å². The van der Waals surface area contributed by atoms with Crippen LogP contribution in [0.4, 0.5) is 0 Å². The Morgan fingerprint density at radius 3 is 2.41 bits per heavy atom. The van der Waals surface area contributed by atoms with E-state index in [9.17, 15) is 13.2 Å². The van der Waals surface area contributed by atoms with Crippen LogP contribution in [0, 0.1) is 0 Å². The van der Waals surface area contributed by atoms with Crippen molar-refractivity contribution >= 4 is 15.9 Å². The van der Waals surface area contributed by atoms with E-state index in [1.807, 2.05) is 20.8 Å². The zero-order valence-corrected chi connectivity index (χ0v) is 14.1. The fraction of sp³-hybridized carbons (Fsp3) is 0.533. The second-order valence-corrected chi connectivity index (χ2v) is 6.70. The van der Waals surface area contributed by atoms with Crippen molar-refractivity contribution in [1.29, 1.82) is 0 Å². The summed E-state index contributed by atoms with van der Waals surface area (Å²) in [6.45, 7) is 6.33. The minimum absolute atomic E-state index is 0.0673. The molecule has 1 aromatic carbocycles. The third-order valence-electron chi connectivity index (χ3n) is 3.11. The van der Waals surface area contributed by atoms with Gasteiger partial charge in [0.05, 0.1) is 11.5 Å². The molecule has 0 bridgehead atoms. The van der Waals surface area contributed by atoms with Gasteiger partial charge in [0, 0.05) is 19.0 Å². The Hall–Kier alpha value is -1.60. The Morgan fingerprint density at radius 1 is 1.23 bits per heavy atom. The average Bonchev–Trinajstić information content (AvgIpc) is 2.47. The molecule has 2 N–H and O–H groups in total. The molecule has 0 saturated carbocycles.